The molecule has 0 aliphatic rings. The summed E-state index contributed by atoms with van der Waals surface area (Å²) in [6.07, 6.45) is 5.31. The molecule has 0 saturated carbocycles. The number of ether oxygens (including phenoxy) is 1. The van der Waals surface area contributed by atoms with Crippen LogP contribution >= 0.6 is 0 Å². The highest BCUT2D eigenvalue weighted by molar-refractivity contribution is 5.33. The van der Waals surface area contributed by atoms with E-state index < -0.39 is 0 Å². The summed E-state index contributed by atoms with van der Waals surface area (Å²) < 4.78 is 5.62. The minimum Gasteiger partial charge on any atom is -0.494 e. The third-order valence-electron chi connectivity index (χ3n) is 3.68. The summed E-state index contributed by atoms with van der Waals surface area (Å²) >= 11 is 0. The second-order valence-corrected chi connectivity index (χ2v) is 5.48. The topological polar surface area (TPSA) is 22.1 Å². The van der Waals surface area contributed by atoms with Crippen LogP contribution in [0.2, 0.25) is 0 Å². The second kappa shape index (κ2) is 7.82. The molecule has 2 rings (SSSR count). The minimum atomic E-state index is 0.306. The molecule has 112 valence electrons. The third kappa shape index (κ3) is 4.32. The van der Waals surface area contributed by atoms with E-state index in [4.69, 9.17) is 4.74 Å². The first-order chi connectivity index (χ1) is 10.2. The van der Waals surface area contributed by atoms with Crippen LogP contribution < -0.4 is 4.74 Å². The number of aryl methyl sites for hydroxylation is 1. The Labute approximate surface area is 128 Å². The van der Waals surface area contributed by atoms with Gasteiger partial charge in [-0.25, -0.2) is 0 Å². The van der Waals surface area contributed by atoms with E-state index in [1.165, 1.54) is 11.1 Å². The van der Waals surface area contributed by atoms with Gasteiger partial charge in [-0.15, -0.1) is 0 Å². The van der Waals surface area contributed by atoms with Crippen molar-refractivity contribution in [2.75, 3.05) is 6.61 Å². The maximum absolute atomic E-state index is 5.62. The second-order valence-electron chi connectivity index (χ2n) is 5.48. The first-order valence-electron chi connectivity index (χ1n) is 7.92. The zero-order valence-electron chi connectivity index (χ0n) is 13.3. The molecule has 0 N–H and O–H groups in total. The summed E-state index contributed by atoms with van der Waals surface area (Å²) in [5, 5.41) is 0. The Morgan fingerprint density at radius 1 is 1.00 bits per heavy atom. The molecule has 1 heterocycles. The number of hydrogen-bond acceptors (Lipinski definition) is 2. The maximum atomic E-state index is 5.62. The number of pyridine rings is 1. The Kier molecular flexibility index (Phi) is 5.79. The van der Waals surface area contributed by atoms with Gasteiger partial charge < -0.3 is 4.74 Å². The molecule has 0 bridgehead atoms. The van der Waals surface area contributed by atoms with Crippen molar-refractivity contribution in [3.8, 4) is 5.75 Å². The van der Waals surface area contributed by atoms with Gasteiger partial charge in [0.2, 0.25) is 0 Å². The van der Waals surface area contributed by atoms with Gasteiger partial charge in [-0.1, -0.05) is 45.4 Å². The summed E-state index contributed by atoms with van der Waals surface area (Å²) in [6, 6.07) is 12.7. The Hall–Kier alpha value is -1.83. The minimum absolute atomic E-state index is 0.306. The Morgan fingerprint density at radius 3 is 2.33 bits per heavy atom. The molecule has 0 spiro atoms. The molecule has 0 fully saturated rings. The predicted octanol–water partition coefficient (Wildman–Crippen LogP) is 4.97. The highest BCUT2D eigenvalue weighted by atomic mass is 16.5. The van der Waals surface area contributed by atoms with Crippen molar-refractivity contribution in [2.24, 2.45) is 0 Å². The fourth-order valence-electron chi connectivity index (χ4n) is 2.37. The fourth-order valence-corrected chi connectivity index (χ4v) is 2.37. The molecule has 2 heteroatoms. The van der Waals surface area contributed by atoms with Crippen molar-refractivity contribution in [3.05, 3.63) is 59.4 Å². The van der Waals surface area contributed by atoms with Crippen molar-refractivity contribution in [3.63, 3.8) is 0 Å². The van der Waals surface area contributed by atoms with Crippen molar-refractivity contribution >= 4 is 0 Å². The molecule has 1 aromatic heterocycles. The fraction of sp³-hybridized carbons (Fsp3) is 0.421. The molecule has 2 aromatic rings. The zero-order chi connectivity index (χ0) is 15.1. The first kappa shape index (κ1) is 15.6. The van der Waals surface area contributed by atoms with Gasteiger partial charge in [0.1, 0.15) is 5.75 Å². The van der Waals surface area contributed by atoms with E-state index in [1.54, 1.807) is 0 Å². The summed E-state index contributed by atoms with van der Waals surface area (Å²) in [5.74, 6) is 1.25. The third-order valence-corrected chi connectivity index (χ3v) is 3.68. The molecule has 1 aromatic carbocycles. The van der Waals surface area contributed by atoms with Crippen LogP contribution in [0, 0.1) is 0 Å². The monoisotopic (exact) mass is 283 g/mol. The van der Waals surface area contributed by atoms with Gasteiger partial charge in [-0.05, 0) is 42.2 Å². The molecule has 2 nitrogen and oxygen atoms in total. The number of hydrogen-bond donors (Lipinski definition) is 0. The molecule has 1 unspecified atom stereocenters. The van der Waals surface area contributed by atoms with Gasteiger partial charge in [-0.3, -0.25) is 4.98 Å². The van der Waals surface area contributed by atoms with Gasteiger partial charge >= 0.3 is 0 Å². The Morgan fingerprint density at radius 2 is 1.76 bits per heavy atom. The summed E-state index contributed by atoms with van der Waals surface area (Å²) in [4.78, 5) is 4.61. The van der Waals surface area contributed by atoms with Gasteiger partial charge in [0.25, 0.3) is 0 Å². The predicted molar refractivity (Wildman–Crippen MR) is 88.0 cm³/mol. The lowest BCUT2D eigenvalue weighted by molar-refractivity contribution is 0.317. The molecule has 0 aliphatic heterocycles. The van der Waals surface area contributed by atoms with Crippen molar-refractivity contribution in [1.29, 1.82) is 0 Å². The lowest BCUT2D eigenvalue weighted by atomic mass is 9.96. The summed E-state index contributed by atoms with van der Waals surface area (Å²) in [7, 11) is 0. The average Bonchev–Trinajstić information content (AvgIpc) is 2.54. The zero-order valence-corrected chi connectivity index (χ0v) is 13.3. The summed E-state index contributed by atoms with van der Waals surface area (Å²) in [5.41, 5.74) is 3.71. The smallest absolute Gasteiger partial charge is 0.119 e. The molecular formula is C19H25NO. The van der Waals surface area contributed by atoms with E-state index in [0.717, 1.165) is 37.3 Å². The standard InChI is InChI=1S/C19H25NO/c1-4-6-16-7-12-19(20-14-16)15(3)17-8-10-18(11-9-17)21-13-5-2/h7-12,14-15H,4-6,13H2,1-3H3. The van der Waals surface area contributed by atoms with Crippen molar-refractivity contribution in [2.45, 2.75) is 46.0 Å². The number of aromatic nitrogens is 1. The van der Waals surface area contributed by atoms with Crippen LogP contribution in [0.5, 0.6) is 5.75 Å². The normalized spacial score (nSPS) is 12.1. The molecule has 0 saturated heterocycles. The Balaban J connectivity index is 2.06. The van der Waals surface area contributed by atoms with E-state index in [1.807, 2.05) is 18.3 Å². The number of nitrogens with zero attached hydrogens (tertiary/aromatic N) is 1. The van der Waals surface area contributed by atoms with Crippen molar-refractivity contribution in [1.82, 2.24) is 4.98 Å². The molecule has 21 heavy (non-hydrogen) atoms. The Bertz CT molecular complexity index is 530. The van der Waals surface area contributed by atoms with E-state index in [-0.39, 0.29) is 0 Å². The number of benzene rings is 1. The SMILES string of the molecule is CCCOc1ccc(C(C)c2ccc(CCC)cn2)cc1. The van der Waals surface area contributed by atoms with E-state index >= 15 is 0 Å². The molecular weight excluding hydrogens is 258 g/mol. The van der Waals surface area contributed by atoms with Crippen LogP contribution in [0.25, 0.3) is 0 Å². The highest BCUT2D eigenvalue weighted by Crippen LogP contribution is 2.24. The molecule has 0 amide bonds. The van der Waals surface area contributed by atoms with Gasteiger partial charge in [0.05, 0.1) is 6.61 Å². The lowest BCUT2D eigenvalue weighted by Crippen LogP contribution is -2.00. The molecule has 1 atom stereocenters. The van der Waals surface area contributed by atoms with Crippen LogP contribution in [-0.4, -0.2) is 11.6 Å². The average molecular weight is 283 g/mol. The highest BCUT2D eigenvalue weighted by Gasteiger charge is 2.10. The van der Waals surface area contributed by atoms with Crippen LogP contribution in [0.15, 0.2) is 42.6 Å². The van der Waals surface area contributed by atoms with E-state index in [2.05, 4.69) is 50.0 Å². The lowest BCUT2D eigenvalue weighted by Gasteiger charge is -2.13. The van der Waals surface area contributed by atoms with E-state index in [0.29, 0.717) is 5.92 Å². The van der Waals surface area contributed by atoms with Crippen LogP contribution in [0.3, 0.4) is 0 Å². The molecule has 0 radical (unpaired) electrons. The first-order valence-corrected chi connectivity index (χ1v) is 7.92. The van der Waals surface area contributed by atoms with Gasteiger partial charge in [0, 0.05) is 17.8 Å². The van der Waals surface area contributed by atoms with Crippen LogP contribution in [0.4, 0.5) is 0 Å². The van der Waals surface area contributed by atoms with Crippen molar-refractivity contribution < 1.29 is 4.74 Å². The van der Waals surface area contributed by atoms with Gasteiger partial charge in [-0.2, -0.15) is 0 Å². The van der Waals surface area contributed by atoms with Crippen LogP contribution in [-0.2, 0) is 6.42 Å². The molecule has 0 aliphatic carbocycles. The largest absolute Gasteiger partial charge is 0.494 e. The maximum Gasteiger partial charge on any atom is 0.119 e. The quantitative estimate of drug-likeness (QED) is 0.715. The van der Waals surface area contributed by atoms with Crippen LogP contribution in [0.1, 0.15) is 56.4 Å². The van der Waals surface area contributed by atoms with Gasteiger partial charge in [0.15, 0.2) is 0 Å². The number of rotatable bonds is 7. The summed E-state index contributed by atoms with van der Waals surface area (Å²) in [6.45, 7) is 7.28. The van der Waals surface area contributed by atoms with E-state index in [9.17, 15) is 0 Å².